The van der Waals surface area contributed by atoms with E-state index in [0.29, 0.717) is 0 Å². The number of hydrogen-bond donors (Lipinski definition) is 0. The quantitative estimate of drug-likeness (QED) is 0.154. The molecule has 0 fully saturated rings. The van der Waals surface area contributed by atoms with Gasteiger partial charge in [-0.15, -0.1) is 70.4 Å². The van der Waals surface area contributed by atoms with E-state index < -0.39 is 0 Å². The number of fused-ring (bicyclic) bond motifs is 18. The molecule has 0 saturated heterocycles. The molecule has 0 radical (unpaired) electrons. The van der Waals surface area contributed by atoms with Crippen molar-refractivity contribution in [1.29, 1.82) is 0 Å². The van der Waals surface area contributed by atoms with Crippen LogP contribution in [0.3, 0.4) is 0 Å². The Balaban J connectivity index is 0.000000255. The molecule has 0 amide bonds. The summed E-state index contributed by atoms with van der Waals surface area (Å²) in [4.78, 5) is 9.14. The normalized spacial score (nSPS) is 10.6. The van der Waals surface area contributed by atoms with Crippen molar-refractivity contribution in [3.05, 3.63) is 200 Å². The van der Waals surface area contributed by atoms with Crippen LogP contribution in [-0.2, 0) is 20.1 Å². The summed E-state index contributed by atoms with van der Waals surface area (Å²) in [5.74, 6) is 0. The Bertz CT molecular complexity index is 2780. The van der Waals surface area contributed by atoms with E-state index in [1.54, 1.807) is 0 Å². The van der Waals surface area contributed by atoms with Crippen LogP contribution >= 0.6 is 0 Å². The van der Waals surface area contributed by atoms with Crippen LogP contribution in [0.1, 0.15) is 16.7 Å². The number of pyridine rings is 2. The molecule has 53 heavy (non-hydrogen) atoms. The monoisotopic (exact) mass is 860 g/mol. The van der Waals surface area contributed by atoms with Crippen molar-refractivity contribution < 1.29 is 20.1 Å². The summed E-state index contributed by atoms with van der Waals surface area (Å²) in [6.45, 7) is 6.22. The second-order valence-corrected chi connectivity index (χ2v) is 13.2. The maximum absolute atomic E-state index is 4.79. The van der Waals surface area contributed by atoms with E-state index in [4.69, 9.17) is 4.98 Å². The zero-order valence-electron chi connectivity index (χ0n) is 30.3. The summed E-state index contributed by atoms with van der Waals surface area (Å²) >= 11 is 0. The number of benzene rings is 6. The van der Waals surface area contributed by atoms with Gasteiger partial charge in [0.05, 0.1) is 0 Å². The topological polar surface area (TPSA) is 25.8 Å². The standard InChI is InChI=1S/C36H24N.C13H12N.CH3.Ir/c1-24-23-37-36-22-35(24)33-15-5-13-31(20-33)29-11-3-9-27(18-29)25-7-2-8-26(17-25)28-10-4-12-30(19-28)32-14-6-16-34(36)21-32;1-10-3-6-12(7-4-10)13-8-5-11(2)9-14-13;;/h2-15,17-23H,1H3;3-6,8-9H,1-2H3;1H3;/q3*-1;+3. The molecular weight excluding hydrogens is 821 g/mol. The third-order valence-electron chi connectivity index (χ3n) is 9.43. The molecule has 12 bridgehead atoms. The van der Waals surface area contributed by atoms with E-state index in [9.17, 15) is 0 Å². The van der Waals surface area contributed by atoms with Crippen LogP contribution in [0.4, 0.5) is 0 Å². The van der Waals surface area contributed by atoms with Crippen molar-refractivity contribution in [1.82, 2.24) is 9.97 Å². The molecule has 2 heterocycles. The third kappa shape index (κ3) is 8.18. The Morgan fingerprint density at radius 3 is 1.47 bits per heavy atom. The summed E-state index contributed by atoms with van der Waals surface area (Å²) in [7, 11) is 0. The molecular formula is C50H39IrN2. The Morgan fingerprint density at radius 2 is 0.962 bits per heavy atom. The molecule has 7 aromatic carbocycles. The maximum Gasteiger partial charge on any atom is 3.00 e. The van der Waals surface area contributed by atoms with Crippen molar-refractivity contribution >= 4 is 64.8 Å². The molecule has 2 nitrogen and oxygen atoms in total. The van der Waals surface area contributed by atoms with Crippen LogP contribution in [0.5, 0.6) is 0 Å². The van der Waals surface area contributed by atoms with Crippen molar-refractivity contribution in [2.75, 3.05) is 0 Å². The summed E-state index contributed by atoms with van der Waals surface area (Å²) in [6.07, 6.45) is 3.85. The zero-order chi connectivity index (χ0) is 34.7. The summed E-state index contributed by atoms with van der Waals surface area (Å²) in [6, 6.07) is 60.6. The average Bonchev–Trinajstić information content (AvgIpc) is 3.19. The van der Waals surface area contributed by atoms with Gasteiger partial charge in [-0.25, -0.2) is 0 Å². The van der Waals surface area contributed by atoms with E-state index in [1.165, 1.54) is 59.6 Å². The Labute approximate surface area is 325 Å². The molecule has 9 aromatic rings. The van der Waals surface area contributed by atoms with Crippen LogP contribution in [0.2, 0.25) is 0 Å². The van der Waals surface area contributed by atoms with Crippen molar-refractivity contribution in [3.8, 4) is 11.3 Å². The van der Waals surface area contributed by atoms with Gasteiger partial charge in [0.25, 0.3) is 0 Å². The molecule has 0 spiro atoms. The van der Waals surface area contributed by atoms with Gasteiger partial charge in [-0.05, 0) is 109 Å². The number of rotatable bonds is 1. The number of aromatic nitrogens is 2. The first-order valence-corrected chi connectivity index (χ1v) is 17.3. The molecule has 3 heteroatoms. The molecule has 0 unspecified atom stereocenters. The second-order valence-electron chi connectivity index (χ2n) is 13.2. The fourth-order valence-corrected chi connectivity index (χ4v) is 6.57. The molecule has 0 N–H and O–H groups in total. The maximum atomic E-state index is 4.79. The Morgan fingerprint density at radius 1 is 0.453 bits per heavy atom. The summed E-state index contributed by atoms with van der Waals surface area (Å²) < 4.78 is 0. The molecule has 0 aliphatic heterocycles. The third-order valence-corrected chi connectivity index (χ3v) is 9.43. The first-order valence-electron chi connectivity index (χ1n) is 17.3. The van der Waals surface area contributed by atoms with E-state index in [0.717, 1.165) is 33.1 Å². The Kier molecular flexibility index (Phi) is 11.4. The van der Waals surface area contributed by atoms with Gasteiger partial charge < -0.3 is 17.4 Å². The predicted octanol–water partition coefficient (Wildman–Crippen LogP) is 13.4. The van der Waals surface area contributed by atoms with Crippen LogP contribution < -0.4 is 0 Å². The van der Waals surface area contributed by atoms with Crippen molar-refractivity contribution in [3.63, 3.8) is 0 Å². The minimum Gasteiger partial charge on any atom is -0.358 e. The smallest absolute Gasteiger partial charge is 0.358 e. The van der Waals surface area contributed by atoms with Gasteiger partial charge in [-0.1, -0.05) is 97.9 Å². The van der Waals surface area contributed by atoms with Gasteiger partial charge in [-0.3, -0.25) is 0 Å². The largest absolute Gasteiger partial charge is 3.00 e. The van der Waals surface area contributed by atoms with E-state index in [2.05, 4.69) is 158 Å². The number of aryl methyl sites for hydroxylation is 3. The van der Waals surface area contributed by atoms with Gasteiger partial charge in [0.15, 0.2) is 0 Å². The first-order chi connectivity index (χ1) is 25.0. The molecule has 0 atom stereocenters. The minimum atomic E-state index is 0. The predicted molar refractivity (Wildman–Crippen MR) is 224 cm³/mol. The fraction of sp³-hybridized carbons (Fsp3) is 0.0600. The van der Waals surface area contributed by atoms with Gasteiger partial charge in [0.2, 0.25) is 0 Å². The molecule has 2 aromatic heterocycles. The summed E-state index contributed by atoms with van der Waals surface area (Å²) in [5, 5.41) is 13.0. The Hall–Kier alpha value is -5.73. The molecule has 9 rings (SSSR count). The molecule has 0 aliphatic carbocycles. The molecule has 0 saturated carbocycles. The van der Waals surface area contributed by atoms with Crippen LogP contribution in [0.25, 0.3) is 76.0 Å². The zero-order valence-corrected chi connectivity index (χ0v) is 32.7. The van der Waals surface area contributed by atoms with Gasteiger partial charge in [0.1, 0.15) is 0 Å². The second kappa shape index (κ2) is 16.3. The fourth-order valence-electron chi connectivity index (χ4n) is 6.57. The van der Waals surface area contributed by atoms with Crippen LogP contribution in [0, 0.1) is 40.3 Å². The van der Waals surface area contributed by atoms with Crippen LogP contribution in [0.15, 0.2) is 164 Å². The molecule has 0 aliphatic rings. The average molecular weight is 860 g/mol. The van der Waals surface area contributed by atoms with Crippen LogP contribution in [-0.4, -0.2) is 9.97 Å². The van der Waals surface area contributed by atoms with Gasteiger partial charge >= 0.3 is 20.1 Å². The van der Waals surface area contributed by atoms with E-state index >= 15 is 0 Å². The minimum absolute atomic E-state index is 0. The van der Waals surface area contributed by atoms with Gasteiger partial charge in [0, 0.05) is 12.4 Å². The number of hydrogen-bond acceptors (Lipinski definition) is 2. The SMILES string of the molecule is Cc1c[c-]c(-c2ccc(C)cn2)cc1.Cc1cnc2cc1c1cccc(c1)c1cccc(c1)c1cccc(c1)c1cccc(c1)c1cc[c-]c2c1.[CH3-].[Ir+3]. The molecule has 258 valence electrons. The summed E-state index contributed by atoms with van der Waals surface area (Å²) in [5.41, 5.74) is 6.53. The van der Waals surface area contributed by atoms with E-state index in [-0.39, 0.29) is 27.5 Å². The van der Waals surface area contributed by atoms with E-state index in [1.807, 2.05) is 43.6 Å². The van der Waals surface area contributed by atoms with Crippen molar-refractivity contribution in [2.45, 2.75) is 20.8 Å². The number of nitrogens with zero attached hydrogens (tertiary/aromatic N) is 2. The first kappa shape index (κ1) is 37.0. The van der Waals surface area contributed by atoms with Gasteiger partial charge in [-0.2, -0.15) is 0 Å². The van der Waals surface area contributed by atoms with Crippen molar-refractivity contribution in [2.24, 2.45) is 0 Å².